The van der Waals surface area contributed by atoms with E-state index in [4.69, 9.17) is 35.4 Å². The maximum Gasteiger partial charge on any atom is 0.277 e. The smallest absolute Gasteiger partial charge is 0.277 e. The average molecular weight is 444 g/mol. The van der Waals surface area contributed by atoms with E-state index in [0.29, 0.717) is 15.6 Å². The molecule has 3 N–H and O–H groups in total. The monoisotopic (exact) mass is 443 g/mol. The van der Waals surface area contributed by atoms with Crippen molar-refractivity contribution in [1.82, 2.24) is 16.2 Å². The molecule has 0 bridgehead atoms. The minimum Gasteiger partial charge on any atom is -0.357 e. The number of hydrogen-bond donors (Lipinski definition) is 3. The number of nitro benzene ring substituents is 2. The molecule has 10 nitrogen and oxygen atoms in total. The van der Waals surface area contributed by atoms with Crippen molar-refractivity contribution in [1.29, 1.82) is 0 Å². The van der Waals surface area contributed by atoms with E-state index < -0.39 is 27.1 Å². The zero-order valence-corrected chi connectivity index (χ0v) is 16.1. The molecule has 0 fully saturated rings. The van der Waals surface area contributed by atoms with E-state index in [-0.39, 0.29) is 17.2 Å². The summed E-state index contributed by atoms with van der Waals surface area (Å²) in [4.78, 5) is 32.2. The summed E-state index contributed by atoms with van der Waals surface area (Å²) in [5, 5.41) is 25.5. The third-order valence-corrected chi connectivity index (χ3v) is 4.16. The van der Waals surface area contributed by atoms with Gasteiger partial charge in [-0.15, -0.1) is 0 Å². The van der Waals surface area contributed by atoms with Gasteiger partial charge in [-0.1, -0.05) is 29.3 Å². The van der Waals surface area contributed by atoms with Gasteiger partial charge in [0.15, 0.2) is 5.11 Å². The number of nitrogens with one attached hydrogen (secondary N) is 3. The van der Waals surface area contributed by atoms with Crippen LogP contribution in [-0.2, 0) is 6.54 Å². The van der Waals surface area contributed by atoms with E-state index >= 15 is 0 Å². The van der Waals surface area contributed by atoms with Crippen molar-refractivity contribution in [2.45, 2.75) is 6.54 Å². The van der Waals surface area contributed by atoms with Crippen LogP contribution in [0.1, 0.15) is 15.9 Å². The van der Waals surface area contributed by atoms with Crippen LogP contribution in [0.2, 0.25) is 10.0 Å². The minimum atomic E-state index is -0.847. The molecule has 13 heteroatoms. The van der Waals surface area contributed by atoms with Crippen LogP contribution >= 0.6 is 35.4 Å². The van der Waals surface area contributed by atoms with Gasteiger partial charge in [0.1, 0.15) is 0 Å². The van der Waals surface area contributed by atoms with Crippen LogP contribution in [0, 0.1) is 20.2 Å². The van der Waals surface area contributed by atoms with Crippen molar-refractivity contribution in [2.75, 3.05) is 0 Å². The predicted molar refractivity (Wildman–Crippen MR) is 106 cm³/mol. The van der Waals surface area contributed by atoms with Gasteiger partial charge in [-0.2, -0.15) is 0 Å². The molecule has 28 heavy (non-hydrogen) atoms. The molecule has 1 amide bonds. The topological polar surface area (TPSA) is 139 Å². The standard InChI is InChI=1S/C15H11Cl2N5O5S/c16-10-2-1-8(13(17)5-10)7-18-15(28)20-19-14(23)9-3-11(21(24)25)6-12(4-9)22(26)27/h1-6H,7H2,(H,19,23)(H2,18,20,28). The SMILES string of the molecule is O=C(NNC(=S)NCc1ccc(Cl)cc1Cl)c1cc([N+](=O)[O-])cc([N+](=O)[O-])c1. The quantitative estimate of drug-likeness (QED) is 0.363. The number of carbonyl (C=O) groups excluding carboxylic acids is 1. The molecule has 0 saturated carbocycles. The van der Waals surface area contributed by atoms with Crippen molar-refractivity contribution >= 4 is 57.8 Å². The average Bonchev–Trinajstić information content (AvgIpc) is 2.64. The molecule has 0 radical (unpaired) electrons. The number of nitro groups is 2. The summed E-state index contributed by atoms with van der Waals surface area (Å²) >= 11 is 16.8. The number of nitrogens with zero attached hydrogens (tertiary/aromatic N) is 2. The second-order valence-corrected chi connectivity index (χ2v) is 6.50. The molecule has 0 spiro atoms. The fourth-order valence-corrected chi connectivity index (χ4v) is 2.61. The Morgan fingerprint density at radius 3 is 2.14 bits per heavy atom. The van der Waals surface area contributed by atoms with Gasteiger partial charge in [-0.3, -0.25) is 35.9 Å². The highest BCUT2D eigenvalue weighted by Gasteiger charge is 2.20. The first-order chi connectivity index (χ1) is 13.2. The number of hydrogen-bond acceptors (Lipinski definition) is 6. The molecule has 0 aliphatic rings. The number of non-ortho nitro benzene ring substituents is 2. The predicted octanol–water partition coefficient (Wildman–Crippen LogP) is 3.12. The normalized spacial score (nSPS) is 10.1. The van der Waals surface area contributed by atoms with E-state index in [2.05, 4.69) is 16.2 Å². The molecule has 146 valence electrons. The summed E-state index contributed by atoms with van der Waals surface area (Å²) in [7, 11) is 0. The lowest BCUT2D eigenvalue weighted by Gasteiger charge is -2.12. The minimum absolute atomic E-state index is 0.0271. The summed E-state index contributed by atoms with van der Waals surface area (Å²) < 4.78 is 0. The molecule has 2 aromatic rings. The van der Waals surface area contributed by atoms with Crippen molar-refractivity contribution in [2.24, 2.45) is 0 Å². The largest absolute Gasteiger partial charge is 0.357 e. The lowest BCUT2D eigenvalue weighted by Crippen LogP contribution is -2.46. The zero-order chi connectivity index (χ0) is 20.8. The van der Waals surface area contributed by atoms with E-state index in [0.717, 1.165) is 18.2 Å². The van der Waals surface area contributed by atoms with Gasteiger partial charge in [-0.05, 0) is 29.9 Å². The fraction of sp³-hybridized carbons (Fsp3) is 0.0667. The molecular formula is C15H11Cl2N5O5S. The molecule has 0 aliphatic carbocycles. The van der Waals surface area contributed by atoms with Gasteiger partial charge >= 0.3 is 0 Å². The molecule has 0 unspecified atom stereocenters. The third-order valence-electron chi connectivity index (χ3n) is 3.33. The Kier molecular flexibility index (Phi) is 7.04. The molecular weight excluding hydrogens is 433 g/mol. The number of rotatable bonds is 5. The Hall–Kier alpha value is -3.02. The first-order valence-electron chi connectivity index (χ1n) is 7.39. The molecule has 0 aliphatic heterocycles. The van der Waals surface area contributed by atoms with Crippen LogP contribution in [-0.4, -0.2) is 20.9 Å². The molecule has 0 aromatic heterocycles. The van der Waals surface area contributed by atoms with Crippen LogP contribution in [0.25, 0.3) is 0 Å². The second kappa shape index (κ2) is 9.26. The molecule has 2 rings (SSSR count). The van der Waals surface area contributed by atoms with Crippen LogP contribution < -0.4 is 16.2 Å². The molecule has 0 saturated heterocycles. The van der Waals surface area contributed by atoms with Gasteiger partial charge in [0.25, 0.3) is 17.3 Å². The maximum atomic E-state index is 12.1. The number of carbonyl (C=O) groups is 1. The van der Waals surface area contributed by atoms with E-state index in [1.54, 1.807) is 18.2 Å². The van der Waals surface area contributed by atoms with Crippen LogP contribution in [0.15, 0.2) is 36.4 Å². The number of hydrazine groups is 1. The first-order valence-corrected chi connectivity index (χ1v) is 8.56. The third kappa shape index (κ3) is 5.74. The summed E-state index contributed by atoms with van der Waals surface area (Å²) in [6, 6.07) is 7.49. The van der Waals surface area contributed by atoms with Crippen LogP contribution in [0.3, 0.4) is 0 Å². The lowest BCUT2D eigenvalue weighted by atomic mass is 10.1. The van der Waals surface area contributed by atoms with Gasteiger partial charge in [-0.25, -0.2) is 0 Å². The second-order valence-electron chi connectivity index (χ2n) is 5.25. The van der Waals surface area contributed by atoms with Crippen molar-refractivity contribution < 1.29 is 14.6 Å². The van der Waals surface area contributed by atoms with Gasteiger partial charge < -0.3 is 5.32 Å². The van der Waals surface area contributed by atoms with E-state index in [9.17, 15) is 25.0 Å². The number of halogens is 2. The van der Waals surface area contributed by atoms with Gasteiger partial charge in [0.2, 0.25) is 0 Å². The van der Waals surface area contributed by atoms with Gasteiger partial charge in [0, 0.05) is 28.7 Å². The number of thiocarbonyl (C=S) groups is 1. The highest BCUT2D eigenvalue weighted by atomic mass is 35.5. The number of amides is 1. The van der Waals surface area contributed by atoms with E-state index in [1.165, 1.54) is 0 Å². The van der Waals surface area contributed by atoms with Crippen molar-refractivity contribution in [3.8, 4) is 0 Å². The lowest BCUT2D eigenvalue weighted by molar-refractivity contribution is -0.394. The highest BCUT2D eigenvalue weighted by molar-refractivity contribution is 7.80. The van der Waals surface area contributed by atoms with Crippen molar-refractivity contribution in [3.63, 3.8) is 0 Å². The Bertz CT molecular complexity index is 940. The Morgan fingerprint density at radius 1 is 1.00 bits per heavy atom. The Morgan fingerprint density at radius 2 is 1.61 bits per heavy atom. The zero-order valence-electron chi connectivity index (χ0n) is 13.8. The highest BCUT2D eigenvalue weighted by Crippen LogP contribution is 2.23. The molecule has 2 aromatic carbocycles. The first kappa shape index (κ1) is 21.3. The number of benzene rings is 2. The van der Waals surface area contributed by atoms with Crippen LogP contribution in [0.5, 0.6) is 0 Å². The van der Waals surface area contributed by atoms with Crippen molar-refractivity contribution in [3.05, 3.63) is 77.8 Å². The summed E-state index contributed by atoms with van der Waals surface area (Å²) in [6.07, 6.45) is 0. The molecule has 0 atom stereocenters. The fourth-order valence-electron chi connectivity index (χ4n) is 2.01. The van der Waals surface area contributed by atoms with E-state index in [1.807, 2.05) is 0 Å². The Balaban J connectivity index is 1.98. The summed E-state index contributed by atoms with van der Waals surface area (Å²) in [5.41, 5.74) is 3.84. The molecule has 0 heterocycles. The van der Waals surface area contributed by atoms with Gasteiger partial charge in [0.05, 0.1) is 21.5 Å². The summed E-state index contributed by atoms with van der Waals surface area (Å²) in [5.74, 6) is -0.847. The summed E-state index contributed by atoms with van der Waals surface area (Å²) in [6.45, 7) is 0.236. The van der Waals surface area contributed by atoms with Crippen LogP contribution in [0.4, 0.5) is 11.4 Å². The Labute approximate surface area is 173 Å². The maximum absolute atomic E-state index is 12.1.